The Kier molecular flexibility index (Phi) is 5.95. The molecule has 0 bridgehead atoms. The molecule has 30 heavy (non-hydrogen) atoms. The molecule has 0 N–H and O–H groups in total. The molecular weight excluding hydrogens is 376 g/mol. The van der Waals surface area contributed by atoms with Gasteiger partial charge in [0.15, 0.2) is 0 Å². The third kappa shape index (κ3) is 4.14. The molecule has 0 spiro atoms. The lowest BCUT2D eigenvalue weighted by molar-refractivity contribution is 0.376. The summed E-state index contributed by atoms with van der Waals surface area (Å²) >= 11 is 0. The topological polar surface area (TPSA) is 23.8 Å². The Morgan fingerprint density at radius 2 is 1.77 bits per heavy atom. The zero-order valence-corrected chi connectivity index (χ0v) is 17.0. The predicted molar refractivity (Wildman–Crippen MR) is 117 cm³/mol. The van der Waals surface area contributed by atoms with Crippen LogP contribution >= 0.6 is 0 Å². The standard InChI is InChI=1S/C27H25F2N/c1-2-18-3-7-20(8-4-18)22-13-14-25-23(16-22)12-11-21(27(25)29)9-5-19-6-10-24(17-30)26(28)15-19/h2,6,10-16,18,20H,1,3-5,7-9H2. The third-order valence-electron chi connectivity index (χ3n) is 6.47. The summed E-state index contributed by atoms with van der Waals surface area (Å²) in [5.74, 6) is 0.457. The normalized spacial score (nSPS) is 18.8. The number of benzene rings is 3. The second-order valence-corrected chi connectivity index (χ2v) is 8.29. The highest BCUT2D eigenvalue weighted by molar-refractivity contribution is 5.84. The fourth-order valence-corrected chi connectivity index (χ4v) is 4.57. The quantitative estimate of drug-likeness (QED) is 0.414. The molecule has 1 aliphatic rings. The number of hydrogen-bond donors (Lipinski definition) is 0. The van der Waals surface area contributed by atoms with Crippen molar-refractivity contribution in [3.8, 4) is 6.07 Å². The summed E-state index contributed by atoms with van der Waals surface area (Å²) in [7, 11) is 0. The Morgan fingerprint density at radius 1 is 0.967 bits per heavy atom. The molecule has 3 aromatic carbocycles. The average molecular weight is 402 g/mol. The molecule has 0 amide bonds. The molecular formula is C27H25F2N. The van der Waals surface area contributed by atoms with Crippen molar-refractivity contribution in [1.29, 1.82) is 5.26 Å². The number of aryl methyl sites for hydroxylation is 2. The highest BCUT2D eigenvalue weighted by Crippen LogP contribution is 2.37. The van der Waals surface area contributed by atoms with Gasteiger partial charge < -0.3 is 0 Å². The molecule has 1 nitrogen and oxygen atoms in total. The number of halogens is 2. The highest BCUT2D eigenvalue weighted by atomic mass is 19.1. The van der Waals surface area contributed by atoms with Gasteiger partial charge in [0.1, 0.15) is 17.7 Å². The van der Waals surface area contributed by atoms with Gasteiger partial charge in [-0.2, -0.15) is 5.26 Å². The molecule has 0 heterocycles. The van der Waals surface area contributed by atoms with Gasteiger partial charge in [-0.3, -0.25) is 0 Å². The van der Waals surface area contributed by atoms with Crippen LogP contribution in [0, 0.1) is 28.9 Å². The summed E-state index contributed by atoms with van der Waals surface area (Å²) in [4.78, 5) is 0. The van der Waals surface area contributed by atoms with Crippen LogP contribution in [-0.2, 0) is 12.8 Å². The van der Waals surface area contributed by atoms with Crippen molar-refractivity contribution in [3.05, 3.63) is 95.1 Å². The van der Waals surface area contributed by atoms with Crippen molar-refractivity contribution in [2.45, 2.75) is 44.4 Å². The van der Waals surface area contributed by atoms with E-state index < -0.39 is 5.82 Å². The second-order valence-electron chi connectivity index (χ2n) is 8.29. The van der Waals surface area contributed by atoms with Crippen molar-refractivity contribution in [3.63, 3.8) is 0 Å². The molecule has 0 unspecified atom stereocenters. The van der Waals surface area contributed by atoms with Crippen LogP contribution in [0.25, 0.3) is 10.8 Å². The molecule has 1 aliphatic carbocycles. The summed E-state index contributed by atoms with van der Waals surface area (Å²) in [6.07, 6.45) is 7.74. The minimum Gasteiger partial charge on any atom is -0.206 e. The van der Waals surface area contributed by atoms with Crippen LogP contribution in [0.15, 0.2) is 61.2 Å². The molecule has 4 rings (SSSR count). The summed E-state index contributed by atoms with van der Waals surface area (Å²) in [6.45, 7) is 3.91. The zero-order valence-electron chi connectivity index (χ0n) is 17.0. The molecule has 0 saturated heterocycles. The lowest BCUT2D eigenvalue weighted by Gasteiger charge is -2.27. The summed E-state index contributed by atoms with van der Waals surface area (Å²) in [5, 5.41) is 10.4. The van der Waals surface area contributed by atoms with Crippen molar-refractivity contribution in [2.24, 2.45) is 5.92 Å². The minimum absolute atomic E-state index is 0.0319. The van der Waals surface area contributed by atoms with E-state index >= 15 is 4.39 Å². The smallest absolute Gasteiger partial charge is 0.141 e. The molecule has 0 radical (unpaired) electrons. The average Bonchev–Trinajstić information content (AvgIpc) is 2.78. The van der Waals surface area contributed by atoms with Crippen LogP contribution < -0.4 is 0 Å². The monoisotopic (exact) mass is 401 g/mol. The fraction of sp³-hybridized carbons (Fsp3) is 0.296. The van der Waals surface area contributed by atoms with Gasteiger partial charge in [-0.15, -0.1) is 6.58 Å². The van der Waals surface area contributed by atoms with Crippen LogP contribution in [-0.4, -0.2) is 0 Å². The van der Waals surface area contributed by atoms with Gasteiger partial charge in [0.25, 0.3) is 0 Å². The largest absolute Gasteiger partial charge is 0.206 e. The van der Waals surface area contributed by atoms with Crippen LogP contribution in [0.3, 0.4) is 0 Å². The van der Waals surface area contributed by atoms with Gasteiger partial charge in [-0.1, -0.05) is 42.5 Å². The lowest BCUT2D eigenvalue weighted by atomic mass is 9.78. The maximum atomic E-state index is 15.1. The molecule has 3 heteroatoms. The SMILES string of the molecule is C=CC1CCC(c2ccc3c(F)c(CCc4ccc(C#N)c(F)c4)ccc3c2)CC1. The Hall–Kier alpha value is -2.99. The van der Waals surface area contributed by atoms with Gasteiger partial charge in [0, 0.05) is 5.39 Å². The Balaban J connectivity index is 1.51. The summed E-state index contributed by atoms with van der Waals surface area (Å²) in [6, 6.07) is 16.3. The van der Waals surface area contributed by atoms with Crippen molar-refractivity contribution in [2.75, 3.05) is 0 Å². The van der Waals surface area contributed by atoms with E-state index in [2.05, 4.69) is 24.8 Å². The van der Waals surface area contributed by atoms with E-state index in [1.165, 1.54) is 30.5 Å². The first kappa shape index (κ1) is 20.3. The number of allylic oxidation sites excluding steroid dienone is 1. The van der Waals surface area contributed by atoms with E-state index in [4.69, 9.17) is 5.26 Å². The van der Waals surface area contributed by atoms with E-state index in [0.29, 0.717) is 35.6 Å². The maximum Gasteiger partial charge on any atom is 0.141 e. The van der Waals surface area contributed by atoms with Crippen molar-refractivity contribution < 1.29 is 8.78 Å². The first-order valence-electron chi connectivity index (χ1n) is 10.6. The van der Waals surface area contributed by atoms with Crippen LogP contribution in [0.2, 0.25) is 0 Å². The summed E-state index contributed by atoms with van der Waals surface area (Å²) < 4.78 is 28.9. The molecule has 0 atom stereocenters. The van der Waals surface area contributed by atoms with Crippen molar-refractivity contribution in [1.82, 2.24) is 0 Å². The van der Waals surface area contributed by atoms with Crippen LogP contribution in [0.5, 0.6) is 0 Å². The van der Waals surface area contributed by atoms with E-state index in [0.717, 1.165) is 23.8 Å². The number of nitriles is 1. The molecule has 0 aliphatic heterocycles. The van der Waals surface area contributed by atoms with Crippen molar-refractivity contribution >= 4 is 10.8 Å². The van der Waals surface area contributed by atoms with Gasteiger partial charge in [0.2, 0.25) is 0 Å². The lowest BCUT2D eigenvalue weighted by Crippen LogP contribution is -2.11. The highest BCUT2D eigenvalue weighted by Gasteiger charge is 2.21. The van der Waals surface area contributed by atoms with Gasteiger partial charge in [0.05, 0.1) is 5.56 Å². The number of hydrogen-bond acceptors (Lipinski definition) is 1. The Labute approximate surface area is 176 Å². The second kappa shape index (κ2) is 8.79. The number of nitrogens with zero attached hydrogens (tertiary/aromatic N) is 1. The molecule has 1 saturated carbocycles. The molecule has 1 fully saturated rings. The van der Waals surface area contributed by atoms with Gasteiger partial charge >= 0.3 is 0 Å². The zero-order chi connectivity index (χ0) is 21.1. The van der Waals surface area contributed by atoms with E-state index in [-0.39, 0.29) is 11.4 Å². The number of rotatable bonds is 5. The minimum atomic E-state index is -0.524. The van der Waals surface area contributed by atoms with Gasteiger partial charge in [-0.25, -0.2) is 8.78 Å². The Morgan fingerprint density at radius 3 is 2.47 bits per heavy atom. The van der Waals surface area contributed by atoms with Gasteiger partial charge in [-0.05, 0) is 84.6 Å². The molecule has 152 valence electrons. The predicted octanol–water partition coefficient (Wildman–Crippen LogP) is 7.23. The first-order valence-corrected chi connectivity index (χ1v) is 10.6. The van der Waals surface area contributed by atoms with E-state index in [1.54, 1.807) is 6.07 Å². The number of fused-ring (bicyclic) bond motifs is 1. The van der Waals surface area contributed by atoms with E-state index in [9.17, 15) is 4.39 Å². The Bertz CT molecular complexity index is 1120. The third-order valence-corrected chi connectivity index (χ3v) is 6.47. The molecule has 0 aromatic heterocycles. The van der Waals surface area contributed by atoms with Crippen LogP contribution in [0.4, 0.5) is 8.78 Å². The molecule has 3 aromatic rings. The summed E-state index contributed by atoms with van der Waals surface area (Å²) in [5.41, 5.74) is 2.72. The maximum absolute atomic E-state index is 15.1. The first-order chi connectivity index (χ1) is 14.6. The van der Waals surface area contributed by atoms with E-state index in [1.807, 2.05) is 24.3 Å². The fourth-order valence-electron chi connectivity index (χ4n) is 4.57. The van der Waals surface area contributed by atoms with Crippen LogP contribution in [0.1, 0.15) is 53.9 Å².